The Labute approximate surface area is 156 Å². The highest BCUT2D eigenvalue weighted by Crippen LogP contribution is 2.25. The van der Waals surface area contributed by atoms with Crippen LogP contribution in [-0.4, -0.2) is 49.7 Å². The maximum absolute atomic E-state index is 13.0. The number of para-hydroxylation sites is 1. The number of carbonyl (C=O) groups excluding carboxylic acids is 2. The molecule has 4 rings (SSSR count). The smallest absolute Gasteiger partial charge is 0.271 e. The van der Waals surface area contributed by atoms with E-state index in [1.807, 2.05) is 30.3 Å². The van der Waals surface area contributed by atoms with Crippen molar-refractivity contribution in [1.82, 2.24) is 24.9 Å². The first-order chi connectivity index (χ1) is 13.1. The molecule has 0 radical (unpaired) electrons. The zero-order valence-corrected chi connectivity index (χ0v) is 14.7. The number of aromatic amines is 1. The maximum Gasteiger partial charge on any atom is 0.271 e. The lowest BCUT2D eigenvalue weighted by Gasteiger charge is -2.31. The van der Waals surface area contributed by atoms with Crippen LogP contribution in [0.3, 0.4) is 0 Å². The fourth-order valence-electron chi connectivity index (χ4n) is 3.46. The zero-order valence-electron chi connectivity index (χ0n) is 14.7. The monoisotopic (exact) mass is 364 g/mol. The average Bonchev–Trinajstić information content (AvgIpc) is 3.38. The van der Waals surface area contributed by atoms with Gasteiger partial charge in [-0.05, 0) is 31.0 Å². The normalized spacial score (nSPS) is 17.0. The minimum atomic E-state index is -0.290. The van der Waals surface area contributed by atoms with E-state index < -0.39 is 0 Å². The second-order valence-electron chi connectivity index (χ2n) is 6.62. The third-order valence-electron chi connectivity index (χ3n) is 4.88. The molecule has 1 fully saturated rings. The average molecular weight is 364 g/mol. The largest absolute Gasteiger partial charge is 0.383 e. The number of anilines is 1. The van der Waals surface area contributed by atoms with Crippen LogP contribution >= 0.6 is 0 Å². The molecule has 0 spiro atoms. The molecule has 138 valence electrons. The van der Waals surface area contributed by atoms with E-state index in [4.69, 9.17) is 5.73 Å². The quantitative estimate of drug-likeness (QED) is 0.687. The van der Waals surface area contributed by atoms with E-state index in [1.165, 1.54) is 6.20 Å². The number of nitrogens with zero attached hydrogens (tertiary/aromatic N) is 4. The van der Waals surface area contributed by atoms with Crippen LogP contribution < -0.4 is 5.73 Å². The lowest BCUT2D eigenvalue weighted by atomic mass is 9.90. The van der Waals surface area contributed by atoms with Gasteiger partial charge in [0, 0.05) is 25.2 Å². The second-order valence-corrected chi connectivity index (χ2v) is 6.62. The Hall–Kier alpha value is -3.42. The molecule has 0 saturated carbocycles. The first-order valence-electron chi connectivity index (χ1n) is 8.87. The molecule has 8 heteroatoms. The number of nitrogen functional groups attached to an aromatic ring is 1. The number of hydrogen-bond acceptors (Lipinski definition) is 5. The molecule has 0 bridgehead atoms. The SMILES string of the molecule is Nc1c(C(=O)C2CCCN(C(=O)c3ccn[nH]3)C2)cnn1-c1ccccc1. The summed E-state index contributed by atoms with van der Waals surface area (Å²) >= 11 is 0. The van der Waals surface area contributed by atoms with Gasteiger partial charge in [-0.15, -0.1) is 0 Å². The van der Waals surface area contributed by atoms with Gasteiger partial charge in [-0.1, -0.05) is 18.2 Å². The Bertz CT molecular complexity index is 948. The second kappa shape index (κ2) is 7.06. The van der Waals surface area contributed by atoms with Crippen LogP contribution in [0.4, 0.5) is 5.82 Å². The number of piperidine rings is 1. The van der Waals surface area contributed by atoms with E-state index in [9.17, 15) is 9.59 Å². The summed E-state index contributed by atoms with van der Waals surface area (Å²) in [5.74, 6) is -0.181. The highest BCUT2D eigenvalue weighted by molar-refractivity contribution is 6.02. The van der Waals surface area contributed by atoms with Gasteiger partial charge in [0.25, 0.3) is 5.91 Å². The number of benzene rings is 1. The summed E-state index contributed by atoms with van der Waals surface area (Å²) in [6.07, 6.45) is 4.55. The number of nitrogens with two attached hydrogens (primary N) is 1. The molecular formula is C19H20N6O2. The van der Waals surface area contributed by atoms with Gasteiger partial charge in [0.05, 0.1) is 17.4 Å². The number of Topliss-reactive ketones (excluding diaryl/α,β-unsaturated/α-hetero) is 1. The van der Waals surface area contributed by atoms with Crippen molar-refractivity contribution in [1.29, 1.82) is 0 Å². The molecule has 1 atom stereocenters. The topological polar surface area (TPSA) is 110 Å². The Kier molecular flexibility index (Phi) is 4.45. The number of amides is 1. The van der Waals surface area contributed by atoms with Crippen molar-refractivity contribution in [2.45, 2.75) is 12.8 Å². The summed E-state index contributed by atoms with van der Waals surface area (Å²) in [5, 5.41) is 10.8. The van der Waals surface area contributed by atoms with Crippen molar-refractivity contribution < 1.29 is 9.59 Å². The number of H-pyrrole nitrogens is 1. The summed E-state index contributed by atoms with van der Waals surface area (Å²) in [7, 11) is 0. The van der Waals surface area contributed by atoms with Crippen molar-refractivity contribution in [2.75, 3.05) is 18.8 Å². The van der Waals surface area contributed by atoms with E-state index in [-0.39, 0.29) is 17.6 Å². The number of hydrogen-bond donors (Lipinski definition) is 2. The molecule has 1 unspecified atom stereocenters. The molecule has 3 heterocycles. The molecule has 1 aromatic carbocycles. The summed E-state index contributed by atoms with van der Waals surface area (Å²) in [4.78, 5) is 27.2. The van der Waals surface area contributed by atoms with Crippen molar-refractivity contribution in [3.8, 4) is 5.69 Å². The molecule has 0 aliphatic carbocycles. The van der Waals surface area contributed by atoms with Crippen LogP contribution in [0, 0.1) is 5.92 Å². The summed E-state index contributed by atoms with van der Waals surface area (Å²) in [6, 6.07) is 11.1. The molecule has 27 heavy (non-hydrogen) atoms. The lowest BCUT2D eigenvalue weighted by Crippen LogP contribution is -2.42. The van der Waals surface area contributed by atoms with Crippen LogP contribution in [0.15, 0.2) is 48.8 Å². The molecule has 3 aromatic rings. The number of aromatic nitrogens is 4. The van der Waals surface area contributed by atoms with Crippen LogP contribution in [0.25, 0.3) is 5.69 Å². The highest BCUT2D eigenvalue weighted by Gasteiger charge is 2.31. The molecular weight excluding hydrogens is 344 g/mol. The van der Waals surface area contributed by atoms with Crippen molar-refractivity contribution in [3.63, 3.8) is 0 Å². The zero-order chi connectivity index (χ0) is 18.8. The molecule has 3 N–H and O–H groups in total. The maximum atomic E-state index is 13.0. The fraction of sp³-hybridized carbons (Fsp3) is 0.263. The minimum absolute atomic E-state index is 0.0724. The molecule has 2 aromatic heterocycles. The number of rotatable bonds is 4. The first-order valence-corrected chi connectivity index (χ1v) is 8.87. The van der Waals surface area contributed by atoms with Gasteiger partial charge in [-0.25, -0.2) is 4.68 Å². The Balaban J connectivity index is 1.53. The third-order valence-corrected chi connectivity index (χ3v) is 4.88. The Morgan fingerprint density at radius 3 is 2.74 bits per heavy atom. The minimum Gasteiger partial charge on any atom is -0.383 e. The fourth-order valence-corrected chi connectivity index (χ4v) is 3.46. The van der Waals surface area contributed by atoms with Gasteiger partial charge in [0.2, 0.25) is 0 Å². The van der Waals surface area contributed by atoms with Crippen molar-refractivity contribution in [3.05, 3.63) is 60.0 Å². The molecule has 1 aliphatic rings. The predicted octanol–water partition coefficient (Wildman–Crippen LogP) is 1.91. The van der Waals surface area contributed by atoms with Crippen LogP contribution in [0.1, 0.15) is 33.7 Å². The molecule has 1 amide bonds. The van der Waals surface area contributed by atoms with E-state index in [2.05, 4.69) is 15.3 Å². The molecule has 8 nitrogen and oxygen atoms in total. The summed E-state index contributed by atoms with van der Waals surface area (Å²) < 4.78 is 1.56. The van der Waals surface area contributed by atoms with Gasteiger partial charge in [0.15, 0.2) is 5.78 Å². The van der Waals surface area contributed by atoms with Crippen LogP contribution in [0.2, 0.25) is 0 Å². The Morgan fingerprint density at radius 2 is 2.00 bits per heavy atom. The standard InChI is InChI=1S/C19H20N6O2/c20-18-15(11-22-25(18)14-6-2-1-3-7-14)17(26)13-5-4-10-24(12-13)19(27)16-8-9-21-23-16/h1-3,6-9,11,13H,4-5,10,12,20H2,(H,21,23). The van der Waals surface area contributed by atoms with E-state index in [0.717, 1.165) is 18.5 Å². The van der Waals surface area contributed by atoms with E-state index in [0.29, 0.717) is 30.2 Å². The van der Waals surface area contributed by atoms with Gasteiger partial charge in [-0.3, -0.25) is 14.7 Å². The Morgan fingerprint density at radius 1 is 1.19 bits per heavy atom. The van der Waals surface area contributed by atoms with Crippen molar-refractivity contribution in [2.24, 2.45) is 5.92 Å². The van der Waals surface area contributed by atoms with Crippen molar-refractivity contribution >= 4 is 17.5 Å². The first kappa shape index (κ1) is 17.0. The lowest BCUT2D eigenvalue weighted by molar-refractivity contribution is 0.0632. The van der Waals surface area contributed by atoms with Crippen LogP contribution in [0.5, 0.6) is 0 Å². The van der Waals surface area contributed by atoms with Gasteiger partial charge < -0.3 is 10.6 Å². The highest BCUT2D eigenvalue weighted by atomic mass is 16.2. The van der Waals surface area contributed by atoms with Gasteiger partial charge in [0.1, 0.15) is 11.5 Å². The number of likely N-dealkylation sites (tertiary alicyclic amines) is 1. The van der Waals surface area contributed by atoms with Crippen LogP contribution in [-0.2, 0) is 0 Å². The summed E-state index contributed by atoms with van der Waals surface area (Å²) in [5.41, 5.74) is 7.83. The summed E-state index contributed by atoms with van der Waals surface area (Å²) in [6.45, 7) is 0.993. The van der Waals surface area contributed by atoms with Gasteiger partial charge >= 0.3 is 0 Å². The van der Waals surface area contributed by atoms with E-state index >= 15 is 0 Å². The number of nitrogens with one attached hydrogen (secondary N) is 1. The third kappa shape index (κ3) is 3.21. The number of ketones is 1. The van der Waals surface area contributed by atoms with E-state index in [1.54, 1.807) is 21.8 Å². The van der Waals surface area contributed by atoms with Gasteiger partial charge in [-0.2, -0.15) is 10.2 Å². The predicted molar refractivity (Wildman–Crippen MR) is 99.5 cm³/mol. The molecule has 1 saturated heterocycles. The number of carbonyl (C=O) groups is 2. The molecule has 1 aliphatic heterocycles.